The number of hydrogen-bond donors (Lipinski definition) is 2. The summed E-state index contributed by atoms with van der Waals surface area (Å²) in [4.78, 5) is 17.7. The smallest absolute Gasteiger partial charge is 0.414 e. The molecule has 0 saturated carbocycles. The van der Waals surface area contributed by atoms with Gasteiger partial charge in [0.15, 0.2) is 10.9 Å². The van der Waals surface area contributed by atoms with Gasteiger partial charge < -0.3 is 14.4 Å². The second kappa shape index (κ2) is 10.9. The van der Waals surface area contributed by atoms with Gasteiger partial charge in [-0.25, -0.2) is 14.3 Å². The van der Waals surface area contributed by atoms with E-state index in [9.17, 15) is 9.36 Å². The Hall–Kier alpha value is -4.13. The lowest BCUT2D eigenvalue weighted by Gasteiger charge is -2.28. The summed E-state index contributed by atoms with van der Waals surface area (Å²) in [6.45, 7) is 2.00. The van der Waals surface area contributed by atoms with Crippen LogP contribution in [-0.4, -0.2) is 11.0 Å². The number of benzene rings is 4. The Bertz CT molecular complexity index is 1500. The van der Waals surface area contributed by atoms with Crippen LogP contribution in [0.25, 0.3) is 10.2 Å². The van der Waals surface area contributed by atoms with Gasteiger partial charge in [0.2, 0.25) is 0 Å². The number of urea groups is 1. The maximum atomic E-state index is 14.5. The molecule has 1 unspecified atom stereocenters. The lowest BCUT2D eigenvalue weighted by Crippen LogP contribution is -2.34. The Morgan fingerprint density at radius 1 is 0.838 bits per heavy atom. The van der Waals surface area contributed by atoms with Crippen LogP contribution < -0.4 is 19.7 Å². The summed E-state index contributed by atoms with van der Waals surface area (Å²) in [5, 5.41) is 6.02. The molecule has 0 bridgehead atoms. The number of thiazole rings is 1. The van der Waals surface area contributed by atoms with E-state index in [1.54, 1.807) is 72.8 Å². The Morgan fingerprint density at radius 3 is 2.00 bits per heavy atom. The Morgan fingerprint density at radius 2 is 1.41 bits per heavy atom. The molecule has 37 heavy (non-hydrogen) atoms. The van der Waals surface area contributed by atoms with E-state index < -0.39 is 19.4 Å². The van der Waals surface area contributed by atoms with Crippen molar-refractivity contribution in [3.8, 4) is 11.5 Å². The Kier molecular flexibility index (Phi) is 7.21. The molecule has 2 amide bonds. The number of carbonyl (C=O) groups is 1. The van der Waals surface area contributed by atoms with E-state index >= 15 is 0 Å². The number of hydrogen-bond acceptors (Lipinski definition) is 6. The minimum absolute atomic E-state index is 0.353. The number of nitrogens with zero attached hydrogens (tertiary/aromatic N) is 1. The van der Waals surface area contributed by atoms with Crippen molar-refractivity contribution in [3.63, 3.8) is 0 Å². The van der Waals surface area contributed by atoms with Crippen molar-refractivity contribution in [2.45, 2.75) is 12.7 Å². The van der Waals surface area contributed by atoms with E-state index in [0.29, 0.717) is 22.2 Å². The summed E-state index contributed by atoms with van der Waals surface area (Å²) in [6.07, 6.45) is 0. The molecule has 1 aromatic heterocycles. The van der Waals surface area contributed by atoms with Crippen molar-refractivity contribution in [2.75, 3.05) is 5.32 Å². The highest BCUT2D eigenvalue weighted by molar-refractivity contribution is 7.55. The fraction of sp³-hybridized carbons (Fsp3) is 0.0714. The zero-order valence-corrected chi connectivity index (χ0v) is 21.6. The number of fused-ring (bicyclic) bond motifs is 1. The fourth-order valence-electron chi connectivity index (χ4n) is 3.70. The molecule has 9 heteroatoms. The van der Waals surface area contributed by atoms with Crippen LogP contribution in [0.2, 0.25) is 0 Å². The number of rotatable bonds is 8. The minimum atomic E-state index is -4.08. The summed E-state index contributed by atoms with van der Waals surface area (Å²) in [5.41, 5.74) is 2.46. The summed E-state index contributed by atoms with van der Waals surface area (Å²) >= 11 is 1.36. The monoisotopic (exact) mass is 529 g/mol. The molecule has 0 saturated heterocycles. The van der Waals surface area contributed by atoms with Crippen LogP contribution in [0.5, 0.6) is 11.5 Å². The fourth-order valence-corrected chi connectivity index (χ4v) is 6.55. The lowest BCUT2D eigenvalue weighted by molar-refractivity contribution is 0.249. The summed E-state index contributed by atoms with van der Waals surface area (Å²) in [5.74, 6) is -0.413. The number of amides is 2. The molecule has 0 radical (unpaired) electrons. The van der Waals surface area contributed by atoms with Gasteiger partial charge in [-0.05, 0) is 54.4 Å². The van der Waals surface area contributed by atoms with E-state index in [1.165, 1.54) is 11.3 Å². The molecular weight excluding hydrogens is 505 g/mol. The van der Waals surface area contributed by atoms with Gasteiger partial charge in [0.05, 0.1) is 10.2 Å². The molecule has 0 aliphatic carbocycles. The largest absolute Gasteiger partial charge is 0.457 e. The quantitative estimate of drug-likeness (QED) is 0.200. The zero-order chi connectivity index (χ0) is 25.7. The summed E-state index contributed by atoms with van der Waals surface area (Å²) < 4.78 is 27.5. The maximum Gasteiger partial charge on any atom is 0.457 e. The standard InChI is InChI=1S/C28H24N3O4PS/c1-20-17-18-24-25(19-20)37-28(29-24)31-27(32)30-26(21-11-5-2-6-12-21)36(33,34-22-13-7-3-8-14-22)35-23-15-9-4-10-16-23/h2-19,26H,1H3,(H2,29,30,31,32). The second-order valence-electron chi connectivity index (χ2n) is 8.25. The first-order chi connectivity index (χ1) is 18.0. The van der Waals surface area contributed by atoms with Crippen LogP contribution in [-0.2, 0) is 4.57 Å². The van der Waals surface area contributed by atoms with E-state index in [2.05, 4.69) is 15.6 Å². The number of para-hydroxylation sites is 2. The second-order valence-corrected chi connectivity index (χ2v) is 11.2. The van der Waals surface area contributed by atoms with Crippen LogP contribution in [0, 0.1) is 6.92 Å². The highest BCUT2D eigenvalue weighted by Gasteiger charge is 2.42. The average Bonchev–Trinajstić information content (AvgIpc) is 3.30. The van der Waals surface area contributed by atoms with Crippen molar-refractivity contribution in [1.29, 1.82) is 0 Å². The van der Waals surface area contributed by atoms with Crippen LogP contribution in [0.4, 0.5) is 9.93 Å². The normalized spacial score (nSPS) is 12.0. The van der Waals surface area contributed by atoms with E-state index in [4.69, 9.17) is 9.05 Å². The van der Waals surface area contributed by atoms with Gasteiger partial charge in [-0.2, -0.15) is 0 Å². The number of aromatic nitrogens is 1. The Balaban J connectivity index is 1.48. The van der Waals surface area contributed by atoms with Crippen LogP contribution >= 0.6 is 18.9 Å². The predicted octanol–water partition coefficient (Wildman–Crippen LogP) is 7.78. The SMILES string of the molecule is Cc1ccc2nc(NC(=O)NC(c3ccccc3)P(=O)(Oc3ccccc3)Oc3ccccc3)sc2c1. The van der Waals surface area contributed by atoms with Gasteiger partial charge >= 0.3 is 13.6 Å². The summed E-state index contributed by atoms with van der Waals surface area (Å²) in [6, 6.07) is 31.8. The van der Waals surface area contributed by atoms with Gasteiger partial charge in [-0.1, -0.05) is 84.1 Å². The van der Waals surface area contributed by atoms with Crippen molar-refractivity contribution in [2.24, 2.45) is 0 Å². The van der Waals surface area contributed by atoms with Crippen LogP contribution in [0.3, 0.4) is 0 Å². The van der Waals surface area contributed by atoms with Gasteiger partial charge in [0, 0.05) is 0 Å². The molecule has 7 nitrogen and oxygen atoms in total. The molecular formula is C28H24N3O4PS. The number of nitrogens with one attached hydrogen (secondary N) is 2. The number of carbonyl (C=O) groups excluding carboxylic acids is 1. The van der Waals surface area contributed by atoms with Crippen molar-refractivity contribution >= 4 is 40.3 Å². The van der Waals surface area contributed by atoms with E-state index in [-0.39, 0.29) is 0 Å². The van der Waals surface area contributed by atoms with Gasteiger partial charge in [-0.15, -0.1) is 0 Å². The first kappa shape index (κ1) is 24.6. The molecule has 5 rings (SSSR count). The molecule has 0 spiro atoms. The van der Waals surface area contributed by atoms with Gasteiger partial charge in [0.1, 0.15) is 11.5 Å². The van der Waals surface area contributed by atoms with Crippen LogP contribution in [0.1, 0.15) is 16.9 Å². The molecule has 0 fully saturated rings. The lowest BCUT2D eigenvalue weighted by atomic mass is 10.2. The maximum absolute atomic E-state index is 14.5. The van der Waals surface area contributed by atoms with Gasteiger partial charge in [-0.3, -0.25) is 5.32 Å². The van der Waals surface area contributed by atoms with E-state index in [1.807, 2.05) is 43.3 Å². The highest BCUT2D eigenvalue weighted by atomic mass is 32.1. The molecule has 4 aromatic carbocycles. The van der Waals surface area contributed by atoms with Gasteiger partial charge in [0.25, 0.3) is 0 Å². The first-order valence-corrected chi connectivity index (χ1v) is 14.0. The number of anilines is 1. The highest BCUT2D eigenvalue weighted by Crippen LogP contribution is 2.59. The predicted molar refractivity (Wildman–Crippen MR) is 147 cm³/mol. The third kappa shape index (κ3) is 6.00. The molecule has 186 valence electrons. The molecule has 0 aliphatic rings. The third-order valence-corrected chi connectivity index (χ3v) is 8.34. The Labute approximate surface area is 218 Å². The molecule has 1 atom stereocenters. The molecule has 2 N–H and O–H groups in total. The van der Waals surface area contributed by atoms with Crippen molar-refractivity contribution in [3.05, 3.63) is 120 Å². The minimum Gasteiger partial charge on any atom is -0.414 e. The topological polar surface area (TPSA) is 89.6 Å². The molecule has 0 aliphatic heterocycles. The third-order valence-electron chi connectivity index (χ3n) is 5.42. The zero-order valence-electron chi connectivity index (χ0n) is 19.9. The van der Waals surface area contributed by atoms with Crippen molar-refractivity contribution in [1.82, 2.24) is 10.3 Å². The summed E-state index contributed by atoms with van der Waals surface area (Å²) in [7, 11) is -4.08. The van der Waals surface area contributed by atoms with E-state index in [0.717, 1.165) is 15.8 Å². The molecule has 5 aromatic rings. The average molecular weight is 530 g/mol. The van der Waals surface area contributed by atoms with Crippen molar-refractivity contribution < 1.29 is 18.4 Å². The van der Waals surface area contributed by atoms with Crippen LogP contribution in [0.15, 0.2) is 109 Å². The number of aryl methyl sites for hydroxylation is 1. The molecule has 1 heterocycles. The first-order valence-electron chi connectivity index (χ1n) is 11.6.